The highest BCUT2D eigenvalue weighted by Crippen LogP contribution is 2.35. The summed E-state index contributed by atoms with van der Waals surface area (Å²) in [6, 6.07) is 18.5. The maximum Gasteiger partial charge on any atom is 0.294 e. The van der Waals surface area contributed by atoms with Crippen LogP contribution in [0, 0.1) is 12.7 Å². The zero-order valence-electron chi connectivity index (χ0n) is 18.6. The molecule has 1 heterocycles. The van der Waals surface area contributed by atoms with Gasteiger partial charge < -0.3 is 10.1 Å². The van der Waals surface area contributed by atoms with E-state index in [2.05, 4.69) is 21.2 Å². The smallest absolute Gasteiger partial charge is 0.294 e. The molecule has 3 amide bonds. The lowest BCUT2D eigenvalue weighted by Crippen LogP contribution is -2.36. The van der Waals surface area contributed by atoms with Crippen LogP contribution in [0.25, 0.3) is 6.08 Å². The first kappa shape index (κ1) is 24.7. The molecular formula is C26H20BrFN2O4S. The van der Waals surface area contributed by atoms with E-state index in [9.17, 15) is 18.8 Å². The maximum atomic E-state index is 13.1. The van der Waals surface area contributed by atoms with E-state index in [1.165, 1.54) is 12.1 Å². The van der Waals surface area contributed by atoms with Crippen molar-refractivity contribution in [2.45, 2.75) is 13.5 Å². The Hall–Kier alpha value is -3.43. The largest absolute Gasteiger partial charge is 0.488 e. The summed E-state index contributed by atoms with van der Waals surface area (Å²) in [4.78, 5) is 38.9. The molecule has 1 saturated heterocycles. The summed E-state index contributed by atoms with van der Waals surface area (Å²) < 4.78 is 19.8. The van der Waals surface area contributed by atoms with Gasteiger partial charge in [0.05, 0.1) is 4.91 Å². The number of carbonyl (C=O) groups excluding carboxylic acids is 3. The lowest BCUT2D eigenvalue weighted by atomic mass is 10.1. The topological polar surface area (TPSA) is 75.7 Å². The Kier molecular flexibility index (Phi) is 7.67. The summed E-state index contributed by atoms with van der Waals surface area (Å²) in [6.07, 6.45) is 1.56. The van der Waals surface area contributed by atoms with Gasteiger partial charge in [-0.2, -0.15) is 0 Å². The molecule has 0 bridgehead atoms. The Morgan fingerprint density at radius 1 is 1.09 bits per heavy atom. The number of imide groups is 1. The Balaban J connectivity index is 1.47. The third-order valence-electron chi connectivity index (χ3n) is 5.08. The van der Waals surface area contributed by atoms with E-state index < -0.39 is 17.1 Å². The molecule has 3 aromatic carbocycles. The number of thioether (sulfide) groups is 1. The highest BCUT2D eigenvalue weighted by Gasteiger charge is 2.36. The van der Waals surface area contributed by atoms with Crippen molar-refractivity contribution in [2.75, 3.05) is 11.9 Å². The Labute approximate surface area is 214 Å². The summed E-state index contributed by atoms with van der Waals surface area (Å²) in [5, 5.41) is 2.17. The maximum absolute atomic E-state index is 13.1. The molecule has 178 valence electrons. The standard InChI is InChI=1S/C26H20BrFN2O4S/c1-16-2-9-21(10-3-16)29-24(31)14-30-25(32)23(35-26(30)33)13-18-12-19(27)6-11-22(18)34-15-17-4-7-20(28)8-5-17/h2-13H,14-15H2,1H3,(H,29,31)/b23-13-. The van der Waals surface area contributed by atoms with Crippen molar-refractivity contribution in [3.63, 3.8) is 0 Å². The number of hydrogen-bond acceptors (Lipinski definition) is 5. The molecule has 1 N–H and O–H groups in total. The van der Waals surface area contributed by atoms with Gasteiger partial charge in [-0.1, -0.05) is 45.8 Å². The van der Waals surface area contributed by atoms with Crippen LogP contribution in [0.5, 0.6) is 5.75 Å². The summed E-state index contributed by atoms with van der Waals surface area (Å²) in [5.41, 5.74) is 2.99. The van der Waals surface area contributed by atoms with Crippen LogP contribution in [0.3, 0.4) is 0 Å². The average molecular weight is 555 g/mol. The molecule has 3 aromatic rings. The number of aryl methyl sites for hydroxylation is 1. The molecule has 4 rings (SSSR count). The van der Waals surface area contributed by atoms with Crippen LogP contribution in [0.15, 0.2) is 76.1 Å². The molecule has 6 nitrogen and oxygen atoms in total. The van der Waals surface area contributed by atoms with E-state index in [-0.39, 0.29) is 23.9 Å². The summed E-state index contributed by atoms with van der Waals surface area (Å²) >= 11 is 4.17. The number of ether oxygens (including phenoxy) is 1. The lowest BCUT2D eigenvalue weighted by Gasteiger charge is -2.13. The van der Waals surface area contributed by atoms with Gasteiger partial charge in [-0.05, 0) is 72.8 Å². The molecule has 0 radical (unpaired) electrons. The summed E-state index contributed by atoms with van der Waals surface area (Å²) in [7, 11) is 0. The predicted octanol–water partition coefficient (Wildman–Crippen LogP) is 6.15. The van der Waals surface area contributed by atoms with Gasteiger partial charge in [-0.25, -0.2) is 4.39 Å². The van der Waals surface area contributed by atoms with Crippen molar-refractivity contribution >= 4 is 56.5 Å². The van der Waals surface area contributed by atoms with Crippen LogP contribution < -0.4 is 10.1 Å². The van der Waals surface area contributed by atoms with E-state index in [0.29, 0.717) is 17.0 Å². The van der Waals surface area contributed by atoms with Crippen molar-refractivity contribution in [2.24, 2.45) is 0 Å². The summed E-state index contributed by atoms with van der Waals surface area (Å²) in [5.74, 6) is -0.866. The quantitative estimate of drug-likeness (QED) is 0.354. The number of benzene rings is 3. The monoisotopic (exact) mass is 554 g/mol. The van der Waals surface area contributed by atoms with Crippen molar-refractivity contribution in [3.8, 4) is 5.75 Å². The SMILES string of the molecule is Cc1ccc(NC(=O)CN2C(=O)S/C(=C\c3cc(Br)ccc3OCc3ccc(F)cc3)C2=O)cc1. The van der Waals surface area contributed by atoms with Crippen LogP contribution in [0.2, 0.25) is 0 Å². The number of amides is 3. The van der Waals surface area contributed by atoms with E-state index in [1.54, 1.807) is 48.5 Å². The van der Waals surface area contributed by atoms with Crippen molar-refractivity contribution in [3.05, 3.63) is 98.6 Å². The third-order valence-corrected chi connectivity index (χ3v) is 6.48. The third kappa shape index (κ3) is 6.37. The van der Waals surface area contributed by atoms with Crippen LogP contribution >= 0.6 is 27.7 Å². The summed E-state index contributed by atoms with van der Waals surface area (Å²) in [6.45, 7) is 1.74. The zero-order valence-corrected chi connectivity index (χ0v) is 21.0. The van der Waals surface area contributed by atoms with E-state index in [4.69, 9.17) is 4.74 Å². The Morgan fingerprint density at radius 2 is 1.80 bits per heavy atom. The molecule has 35 heavy (non-hydrogen) atoms. The number of nitrogens with one attached hydrogen (secondary N) is 1. The van der Waals surface area contributed by atoms with Gasteiger partial charge in [0.25, 0.3) is 11.1 Å². The molecule has 1 aliphatic heterocycles. The van der Waals surface area contributed by atoms with Gasteiger partial charge in [0.2, 0.25) is 5.91 Å². The number of halogens is 2. The first-order chi connectivity index (χ1) is 16.8. The number of rotatable bonds is 7. The minimum atomic E-state index is -0.552. The van der Waals surface area contributed by atoms with Gasteiger partial charge in [0.15, 0.2) is 0 Å². The van der Waals surface area contributed by atoms with Crippen LogP contribution in [0.4, 0.5) is 14.9 Å². The first-order valence-corrected chi connectivity index (χ1v) is 12.2. The Morgan fingerprint density at radius 3 is 2.51 bits per heavy atom. The second-order valence-corrected chi connectivity index (χ2v) is 9.69. The average Bonchev–Trinajstić information content (AvgIpc) is 3.08. The second-order valence-electron chi connectivity index (χ2n) is 7.78. The number of anilines is 1. The highest BCUT2D eigenvalue weighted by molar-refractivity contribution is 9.10. The van der Waals surface area contributed by atoms with Gasteiger partial charge >= 0.3 is 0 Å². The minimum Gasteiger partial charge on any atom is -0.488 e. The second kappa shape index (κ2) is 10.9. The van der Waals surface area contributed by atoms with Crippen LogP contribution in [0.1, 0.15) is 16.7 Å². The van der Waals surface area contributed by atoms with Gasteiger partial charge in [0.1, 0.15) is 24.7 Å². The normalized spacial score (nSPS) is 14.5. The predicted molar refractivity (Wildman–Crippen MR) is 137 cm³/mol. The molecule has 0 atom stereocenters. The van der Waals surface area contributed by atoms with Gasteiger partial charge in [0, 0.05) is 15.7 Å². The van der Waals surface area contributed by atoms with E-state index in [1.807, 2.05) is 19.1 Å². The van der Waals surface area contributed by atoms with Gasteiger partial charge in [-0.15, -0.1) is 0 Å². The van der Waals surface area contributed by atoms with Crippen molar-refractivity contribution < 1.29 is 23.5 Å². The molecule has 0 aromatic heterocycles. The first-order valence-electron chi connectivity index (χ1n) is 10.6. The molecule has 1 aliphatic rings. The van der Waals surface area contributed by atoms with Gasteiger partial charge in [-0.3, -0.25) is 19.3 Å². The van der Waals surface area contributed by atoms with Crippen molar-refractivity contribution in [1.82, 2.24) is 4.90 Å². The fraction of sp³-hybridized carbons (Fsp3) is 0.115. The lowest BCUT2D eigenvalue weighted by molar-refractivity contribution is -0.127. The van der Waals surface area contributed by atoms with Crippen molar-refractivity contribution in [1.29, 1.82) is 0 Å². The number of carbonyl (C=O) groups is 3. The number of nitrogens with zero attached hydrogens (tertiary/aromatic N) is 1. The van der Waals surface area contributed by atoms with E-state index >= 15 is 0 Å². The molecule has 0 unspecified atom stereocenters. The molecule has 9 heteroatoms. The Bertz CT molecular complexity index is 1310. The molecule has 0 saturated carbocycles. The number of hydrogen-bond donors (Lipinski definition) is 1. The zero-order chi connectivity index (χ0) is 24.9. The molecule has 0 aliphatic carbocycles. The van der Waals surface area contributed by atoms with E-state index in [0.717, 1.165) is 32.3 Å². The van der Waals surface area contributed by atoms with Crippen LogP contribution in [-0.2, 0) is 16.2 Å². The minimum absolute atomic E-state index is 0.183. The molecular weight excluding hydrogens is 535 g/mol. The fourth-order valence-electron chi connectivity index (χ4n) is 3.26. The highest BCUT2D eigenvalue weighted by atomic mass is 79.9. The molecule has 1 fully saturated rings. The fourth-order valence-corrected chi connectivity index (χ4v) is 4.47. The molecule has 0 spiro atoms. The van der Waals surface area contributed by atoms with Crippen LogP contribution in [-0.4, -0.2) is 28.5 Å².